The zero-order chi connectivity index (χ0) is 21.7. The fourth-order valence-electron chi connectivity index (χ4n) is 4.05. The van der Waals surface area contributed by atoms with E-state index in [2.05, 4.69) is 35.9 Å². The van der Waals surface area contributed by atoms with Crippen LogP contribution in [0.1, 0.15) is 39.5 Å². The van der Waals surface area contributed by atoms with Gasteiger partial charge in [0, 0.05) is 23.5 Å². The predicted octanol–water partition coefficient (Wildman–Crippen LogP) is 4.77. The van der Waals surface area contributed by atoms with Crippen molar-refractivity contribution in [3.05, 3.63) is 58.0 Å². The molecular weight excluding hydrogens is 414 g/mol. The van der Waals surface area contributed by atoms with E-state index in [0.717, 1.165) is 47.2 Å². The second-order valence-electron chi connectivity index (χ2n) is 7.92. The average molecular weight is 444 g/mol. The van der Waals surface area contributed by atoms with Crippen molar-refractivity contribution in [1.29, 1.82) is 5.26 Å². The molecule has 0 bridgehead atoms. The van der Waals surface area contributed by atoms with E-state index in [1.54, 1.807) is 0 Å². The third-order valence-electron chi connectivity index (χ3n) is 5.70. The zero-order valence-corrected chi connectivity index (χ0v) is 19.3. The van der Waals surface area contributed by atoms with Crippen LogP contribution in [-0.4, -0.2) is 35.0 Å². The van der Waals surface area contributed by atoms with Crippen molar-refractivity contribution < 1.29 is 0 Å². The SMILES string of the molecule is C=C/C(=C\C=C(/C)Cl)C1CCCN1C1=C(C)N[C@@H](C2CC2)C(CS/C(C#N)=C\N)=N1. The van der Waals surface area contributed by atoms with Crippen molar-refractivity contribution in [1.82, 2.24) is 10.2 Å². The molecule has 1 saturated carbocycles. The van der Waals surface area contributed by atoms with Gasteiger partial charge >= 0.3 is 0 Å². The van der Waals surface area contributed by atoms with Gasteiger partial charge in [0.25, 0.3) is 0 Å². The number of allylic oxidation sites excluding steroid dienone is 5. The fraction of sp³-hybridized carbons (Fsp3) is 0.478. The molecule has 0 aromatic heterocycles. The molecule has 0 aromatic carbocycles. The first-order chi connectivity index (χ1) is 14.5. The number of nitrogens with two attached hydrogens (primary N) is 1. The summed E-state index contributed by atoms with van der Waals surface area (Å²) in [5.74, 6) is 2.29. The van der Waals surface area contributed by atoms with Gasteiger partial charge in [0.05, 0.1) is 23.5 Å². The summed E-state index contributed by atoms with van der Waals surface area (Å²) in [6.07, 6.45) is 11.9. The molecule has 30 heavy (non-hydrogen) atoms. The number of nitrogens with zero attached hydrogens (tertiary/aromatic N) is 3. The Bertz CT molecular complexity index is 869. The summed E-state index contributed by atoms with van der Waals surface area (Å²) in [6, 6.07) is 2.62. The molecular formula is C23H30ClN5S. The van der Waals surface area contributed by atoms with Crippen LogP contribution in [0.5, 0.6) is 0 Å². The highest BCUT2D eigenvalue weighted by Gasteiger charge is 2.39. The third-order valence-corrected chi connectivity index (χ3v) is 6.80. The Morgan fingerprint density at radius 3 is 2.80 bits per heavy atom. The van der Waals surface area contributed by atoms with E-state index in [4.69, 9.17) is 22.3 Å². The van der Waals surface area contributed by atoms with Gasteiger partial charge in [-0.15, -0.1) is 11.8 Å². The maximum absolute atomic E-state index is 9.20. The molecule has 3 aliphatic rings. The quantitative estimate of drug-likeness (QED) is 0.417. The second kappa shape index (κ2) is 10.3. The number of thioether (sulfide) groups is 1. The van der Waals surface area contributed by atoms with Gasteiger partial charge in [-0.2, -0.15) is 5.26 Å². The van der Waals surface area contributed by atoms with Crippen LogP contribution in [0.25, 0.3) is 0 Å². The lowest BCUT2D eigenvalue weighted by atomic mass is 10.0. The molecule has 5 nitrogen and oxygen atoms in total. The van der Waals surface area contributed by atoms with Gasteiger partial charge in [0.15, 0.2) is 0 Å². The standard InChI is InChI=1S/C23H30ClN5S/c1-4-17(8-7-15(2)24)21-6-5-11-29(21)23-16(3)27-22(18-9-10-18)20(28-23)14-30-19(12-25)13-26/h4,7-8,12,18,21-22,27H,1,5-6,9-11,14,25H2,2-3H3/b15-7+,17-8+,19-12-/t21?,22-/m0/s1. The first kappa shape index (κ1) is 22.6. The lowest BCUT2D eigenvalue weighted by Crippen LogP contribution is -2.45. The smallest absolute Gasteiger partial charge is 0.147 e. The first-order valence-electron chi connectivity index (χ1n) is 10.4. The summed E-state index contributed by atoms with van der Waals surface area (Å²) in [6.45, 7) is 8.97. The molecule has 3 rings (SSSR count). The molecule has 7 heteroatoms. The number of rotatable bonds is 8. The summed E-state index contributed by atoms with van der Waals surface area (Å²) in [4.78, 5) is 8.06. The highest BCUT2D eigenvalue weighted by Crippen LogP contribution is 2.38. The fourth-order valence-corrected chi connectivity index (χ4v) is 4.83. The van der Waals surface area contributed by atoms with Crippen LogP contribution in [-0.2, 0) is 0 Å². The number of hydrogen-bond donors (Lipinski definition) is 2. The van der Waals surface area contributed by atoms with Crippen LogP contribution in [0.4, 0.5) is 0 Å². The molecule has 0 spiro atoms. The second-order valence-corrected chi connectivity index (χ2v) is 9.53. The first-order valence-corrected chi connectivity index (χ1v) is 11.8. The Labute approximate surface area is 189 Å². The van der Waals surface area contributed by atoms with Gasteiger partial charge in [-0.1, -0.05) is 30.3 Å². The number of nitriles is 1. The van der Waals surface area contributed by atoms with Gasteiger partial charge in [0.1, 0.15) is 16.8 Å². The van der Waals surface area contributed by atoms with Crippen LogP contribution >= 0.6 is 23.4 Å². The normalized spacial score (nSPS) is 25.7. The lowest BCUT2D eigenvalue weighted by Gasteiger charge is -2.35. The molecule has 2 aliphatic heterocycles. The molecule has 0 aromatic rings. The van der Waals surface area contributed by atoms with Crippen LogP contribution in [0, 0.1) is 17.2 Å². The highest BCUT2D eigenvalue weighted by molar-refractivity contribution is 8.04. The topological polar surface area (TPSA) is 77.4 Å². The summed E-state index contributed by atoms with van der Waals surface area (Å²) in [5.41, 5.74) is 8.94. The Hall–Kier alpha value is -2.10. The van der Waals surface area contributed by atoms with Gasteiger partial charge in [-0.05, 0) is 57.1 Å². The zero-order valence-electron chi connectivity index (χ0n) is 17.7. The van der Waals surface area contributed by atoms with Crippen LogP contribution < -0.4 is 11.1 Å². The summed E-state index contributed by atoms with van der Waals surface area (Å²) < 4.78 is 0. The van der Waals surface area contributed by atoms with Crippen molar-refractivity contribution >= 4 is 29.1 Å². The van der Waals surface area contributed by atoms with Gasteiger partial charge in [-0.25, -0.2) is 4.99 Å². The molecule has 0 radical (unpaired) electrons. The maximum Gasteiger partial charge on any atom is 0.147 e. The number of aliphatic imine (C=N–C) groups is 1. The molecule has 1 saturated heterocycles. The van der Waals surface area contributed by atoms with Crippen molar-refractivity contribution in [2.24, 2.45) is 16.6 Å². The van der Waals surface area contributed by atoms with Crippen LogP contribution in [0.15, 0.2) is 63.0 Å². The lowest BCUT2D eigenvalue weighted by molar-refractivity contribution is 0.342. The molecule has 1 aliphatic carbocycles. The minimum Gasteiger partial charge on any atom is -0.403 e. The Morgan fingerprint density at radius 1 is 1.43 bits per heavy atom. The minimum absolute atomic E-state index is 0.232. The molecule has 0 amide bonds. The Balaban J connectivity index is 1.88. The van der Waals surface area contributed by atoms with Crippen molar-refractivity contribution in [3.8, 4) is 6.07 Å². The largest absolute Gasteiger partial charge is 0.403 e. The molecule has 3 N–H and O–H groups in total. The number of halogens is 1. The van der Waals surface area contributed by atoms with Crippen LogP contribution in [0.2, 0.25) is 0 Å². The average Bonchev–Trinajstić information content (AvgIpc) is 3.47. The van der Waals surface area contributed by atoms with Crippen molar-refractivity contribution in [3.63, 3.8) is 0 Å². The Morgan fingerprint density at radius 2 is 2.20 bits per heavy atom. The Kier molecular flexibility index (Phi) is 7.74. The van der Waals surface area contributed by atoms with E-state index >= 15 is 0 Å². The molecule has 2 atom stereocenters. The van der Waals surface area contributed by atoms with Gasteiger partial charge < -0.3 is 16.0 Å². The molecule has 1 unspecified atom stereocenters. The van der Waals surface area contributed by atoms with E-state index in [-0.39, 0.29) is 12.1 Å². The predicted molar refractivity (Wildman–Crippen MR) is 128 cm³/mol. The van der Waals surface area contributed by atoms with Crippen molar-refractivity contribution in [2.45, 2.75) is 51.6 Å². The monoisotopic (exact) mass is 443 g/mol. The maximum atomic E-state index is 9.20. The number of nitrogens with one attached hydrogen (secondary N) is 1. The minimum atomic E-state index is 0.232. The summed E-state index contributed by atoms with van der Waals surface area (Å²) in [5, 5.41) is 13.7. The van der Waals surface area contributed by atoms with E-state index in [1.165, 1.54) is 30.8 Å². The molecule has 2 heterocycles. The third kappa shape index (κ3) is 5.33. The van der Waals surface area contributed by atoms with Gasteiger partial charge in [0.2, 0.25) is 0 Å². The number of likely N-dealkylation sites (tertiary alicyclic amines) is 1. The van der Waals surface area contributed by atoms with E-state index in [1.807, 2.05) is 19.1 Å². The van der Waals surface area contributed by atoms with Gasteiger partial charge in [-0.3, -0.25) is 0 Å². The summed E-state index contributed by atoms with van der Waals surface area (Å²) >= 11 is 7.50. The van der Waals surface area contributed by atoms with Crippen molar-refractivity contribution in [2.75, 3.05) is 12.3 Å². The molecule has 2 fully saturated rings. The highest BCUT2D eigenvalue weighted by atomic mass is 35.5. The van der Waals surface area contributed by atoms with E-state index in [9.17, 15) is 5.26 Å². The molecule has 160 valence electrons. The van der Waals surface area contributed by atoms with E-state index in [0.29, 0.717) is 16.6 Å². The number of hydrogen-bond acceptors (Lipinski definition) is 6. The van der Waals surface area contributed by atoms with Crippen LogP contribution in [0.3, 0.4) is 0 Å². The summed E-state index contributed by atoms with van der Waals surface area (Å²) in [7, 11) is 0. The van der Waals surface area contributed by atoms with E-state index < -0.39 is 0 Å².